The maximum absolute atomic E-state index is 6.35. The number of nitrogens with one attached hydrogen (secondary N) is 1. The van der Waals surface area contributed by atoms with Crippen LogP contribution in [-0.2, 0) is 0 Å². The lowest BCUT2D eigenvalue weighted by molar-refractivity contribution is 0.649. The number of benzene rings is 2. The summed E-state index contributed by atoms with van der Waals surface area (Å²) >= 11 is 7.54. The van der Waals surface area contributed by atoms with Crippen molar-refractivity contribution < 1.29 is 0 Å². The lowest BCUT2D eigenvalue weighted by Gasteiger charge is -2.17. The highest BCUT2D eigenvalue weighted by Crippen LogP contribution is 2.41. The van der Waals surface area contributed by atoms with Crippen LogP contribution in [0, 0.1) is 0 Å². The van der Waals surface area contributed by atoms with Gasteiger partial charge in [0.2, 0.25) is 0 Å². The summed E-state index contributed by atoms with van der Waals surface area (Å²) in [4.78, 5) is 0. The van der Waals surface area contributed by atoms with Crippen LogP contribution in [0.3, 0.4) is 0 Å². The monoisotopic (exact) mass is 316 g/mol. The molecule has 0 bridgehead atoms. The third-order valence-corrected chi connectivity index (χ3v) is 4.81. The van der Waals surface area contributed by atoms with Gasteiger partial charge in [0.1, 0.15) is 11.0 Å². The smallest absolute Gasteiger partial charge is 0.129 e. The van der Waals surface area contributed by atoms with Crippen molar-refractivity contribution in [3.8, 4) is 0 Å². The van der Waals surface area contributed by atoms with Crippen molar-refractivity contribution >= 4 is 40.0 Å². The number of nitrogens with zero attached hydrogens (tertiary/aromatic N) is 2. The van der Waals surface area contributed by atoms with Crippen molar-refractivity contribution in [3.05, 3.63) is 52.5 Å². The maximum atomic E-state index is 6.35. The number of nitrogens with two attached hydrogens (primary N) is 1. The van der Waals surface area contributed by atoms with Gasteiger partial charge >= 0.3 is 0 Å². The molecular formula is C15H13ClN4S. The van der Waals surface area contributed by atoms with E-state index in [4.69, 9.17) is 17.3 Å². The summed E-state index contributed by atoms with van der Waals surface area (Å²) in [6, 6.07) is 12.2. The molecule has 2 unspecified atom stereocenters. The van der Waals surface area contributed by atoms with E-state index in [1.165, 1.54) is 22.9 Å². The van der Waals surface area contributed by atoms with E-state index in [1.54, 1.807) is 0 Å². The average Bonchev–Trinajstić information content (AvgIpc) is 3.08. The van der Waals surface area contributed by atoms with Gasteiger partial charge in [-0.1, -0.05) is 35.9 Å². The van der Waals surface area contributed by atoms with Crippen molar-refractivity contribution in [2.45, 2.75) is 18.5 Å². The summed E-state index contributed by atoms with van der Waals surface area (Å²) in [5.74, 6) is 0. The van der Waals surface area contributed by atoms with Gasteiger partial charge in [-0.3, -0.25) is 0 Å². The Hall–Kier alpha value is -1.69. The Kier molecular flexibility index (Phi) is 3.06. The molecule has 2 atom stereocenters. The first-order valence-electron chi connectivity index (χ1n) is 6.76. The number of rotatable bonds is 2. The van der Waals surface area contributed by atoms with Crippen molar-refractivity contribution in [3.63, 3.8) is 0 Å². The third kappa shape index (κ3) is 2.09. The predicted molar refractivity (Wildman–Crippen MR) is 86.8 cm³/mol. The molecule has 0 spiro atoms. The summed E-state index contributed by atoms with van der Waals surface area (Å²) in [7, 11) is 0. The molecule has 0 aliphatic heterocycles. The van der Waals surface area contributed by atoms with Gasteiger partial charge in [0.05, 0.1) is 28.5 Å². The van der Waals surface area contributed by atoms with Crippen LogP contribution < -0.4 is 11.1 Å². The number of anilines is 1. The molecule has 1 heterocycles. The molecule has 106 valence electrons. The first-order chi connectivity index (χ1) is 10.2. The Morgan fingerprint density at radius 2 is 1.95 bits per heavy atom. The van der Waals surface area contributed by atoms with Gasteiger partial charge in [-0.05, 0) is 29.7 Å². The third-order valence-electron chi connectivity index (χ3n) is 3.96. The first-order valence-corrected chi connectivity index (χ1v) is 7.86. The Morgan fingerprint density at radius 1 is 1.14 bits per heavy atom. The van der Waals surface area contributed by atoms with Gasteiger partial charge in [-0.2, -0.15) is 8.75 Å². The number of aromatic nitrogens is 2. The molecule has 21 heavy (non-hydrogen) atoms. The van der Waals surface area contributed by atoms with Crippen molar-refractivity contribution in [1.82, 2.24) is 8.75 Å². The van der Waals surface area contributed by atoms with Crippen LogP contribution in [0.25, 0.3) is 11.0 Å². The fraction of sp³-hybridized carbons (Fsp3) is 0.200. The van der Waals surface area contributed by atoms with Crippen LogP contribution in [-0.4, -0.2) is 8.75 Å². The largest absolute Gasteiger partial charge is 0.375 e. The number of hydrogen-bond acceptors (Lipinski definition) is 5. The minimum Gasteiger partial charge on any atom is -0.375 e. The molecule has 2 aromatic carbocycles. The number of fused-ring (bicyclic) bond motifs is 2. The van der Waals surface area contributed by atoms with Gasteiger partial charge < -0.3 is 11.1 Å². The SMILES string of the molecule is NC1CC(Nc2c(Cl)ccc3nsnc23)c2ccccc21. The molecule has 1 aliphatic rings. The van der Waals surface area contributed by atoms with Gasteiger partial charge in [-0.15, -0.1) is 0 Å². The summed E-state index contributed by atoms with van der Waals surface area (Å²) < 4.78 is 8.61. The van der Waals surface area contributed by atoms with E-state index in [1.807, 2.05) is 24.3 Å². The van der Waals surface area contributed by atoms with Gasteiger partial charge in [0.25, 0.3) is 0 Å². The van der Waals surface area contributed by atoms with E-state index in [2.05, 4.69) is 26.2 Å². The van der Waals surface area contributed by atoms with Crippen LogP contribution in [0.5, 0.6) is 0 Å². The maximum Gasteiger partial charge on any atom is 0.129 e. The van der Waals surface area contributed by atoms with E-state index >= 15 is 0 Å². The fourth-order valence-electron chi connectivity index (χ4n) is 2.95. The highest BCUT2D eigenvalue weighted by atomic mass is 35.5. The second kappa shape index (κ2) is 4.94. The molecule has 1 aromatic heterocycles. The van der Waals surface area contributed by atoms with Crippen molar-refractivity contribution in [2.75, 3.05) is 5.32 Å². The molecule has 0 saturated heterocycles. The summed E-state index contributed by atoms with van der Waals surface area (Å²) in [5, 5.41) is 4.18. The molecule has 0 radical (unpaired) electrons. The average molecular weight is 317 g/mol. The molecule has 6 heteroatoms. The standard InChI is InChI=1S/C15H13ClN4S/c16-10-5-6-12-15(20-21-19-12)14(10)18-13-7-11(17)8-3-1-2-4-9(8)13/h1-6,11,13,18H,7,17H2. The fourth-order valence-corrected chi connectivity index (χ4v) is 3.70. The molecule has 3 aromatic rings. The molecule has 1 aliphatic carbocycles. The van der Waals surface area contributed by atoms with E-state index < -0.39 is 0 Å². The normalized spacial score (nSPS) is 20.7. The molecule has 0 amide bonds. The second-order valence-electron chi connectivity index (χ2n) is 5.22. The predicted octanol–water partition coefficient (Wildman–Crippen LogP) is 3.90. The minimum absolute atomic E-state index is 0.0604. The van der Waals surface area contributed by atoms with Crippen LogP contribution >= 0.6 is 23.3 Å². The lowest BCUT2D eigenvalue weighted by Crippen LogP contribution is -2.10. The Labute approximate surface area is 131 Å². The highest BCUT2D eigenvalue weighted by molar-refractivity contribution is 7.00. The summed E-state index contributed by atoms with van der Waals surface area (Å²) in [6.45, 7) is 0. The number of halogens is 1. The van der Waals surface area contributed by atoms with E-state index in [0.717, 1.165) is 23.1 Å². The van der Waals surface area contributed by atoms with Crippen molar-refractivity contribution in [2.24, 2.45) is 5.73 Å². The first kappa shape index (κ1) is 13.0. The quantitative estimate of drug-likeness (QED) is 0.752. The van der Waals surface area contributed by atoms with Gasteiger partial charge in [-0.25, -0.2) is 0 Å². The topological polar surface area (TPSA) is 63.8 Å². The van der Waals surface area contributed by atoms with Crippen LogP contribution in [0.15, 0.2) is 36.4 Å². The number of hydrogen-bond donors (Lipinski definition) is 2. The Balaban J connectivity index is 1.76. The zero-order valence-corrected chi connectivity index (χ0v) is 12.7. The van der Waals surface area contributed by atoms with Crippen LogP contribution in [0.4, 0.5) is 5.69 Å². The van der Waals surface area contributed by atoms with E-state index in [9.17, 15) is 0 Å². The molecule has 4 rings (SSSR count). The molecule has 3 N–H and O–H groups in total. The minimum atomic E-state index is 0.0604. The van der Waals surface area contributed by atoms with E-state index in [0.29, 0.717) is 5.02 Å². The molecule has 4 nitrogen and oxygen atoms in total. The highest BCUT2D eigenvalue weighted by Gasteiger charge is 2.29. The molecule has 0 saturated carbocycles. The zero-order chi connectivity index (χ0) is 14.4. The van der Waals surface area contributed by atoms with Gasteiger partial charge in [0, 0.05) is 6.04 Å². The van der Waals surface area contributed by atoms with E-state index in [-0.39, 0.29) is 12.1 Å². The molecule has 0 fully saturated rings. The lowest BCUT2D eigenvalue weighted by atomic mass is 10.1. The molecular weight excluding hydrogens is 304 g/mol. The zero-order valence-electron chi connectivity index (χ0n) is 11.1. The van der Waals surface area contributed by atoms with Crippen LogP contribution in [0.2, 0.25) is 5.02 Å². The Bertz CT molecular complexity index is 816. The Morgan fingerprint density at radius 3 is 2.81 bits per heavy atom. The van der Waals surface area contributed by atoms with Crippen LogP contribution in [0.1, 0.15) is 29.6 Å². The summed E-state index contributed by atoms with van der Waals surface area (Å²) in [6.07, 6.45) is 0.851. The second-order valence-corrected chi connectivity index (χ2v) is 6.16. The summed E-state index contributed by atoms with van der Waals surface area (Å²) in [5.41, 5.74) is 11.2. The van der Waals surface area contributed by atoms with Gasteiger partial charge in [0.15, 0.2) is 0 Å². The van der Waals surface area contributed by atoms with Crippen molar-refractivity contribution in [1.29, 1.82) is 0 Å².